The topological polar surface area (TPSA) is 32.8 Å². The second kappa shape index (κ2) is 5.68. The lowest BCUT2D eigenvalue weighted by molar-refractivity contribution is -0.146. The first kappa shape index (κ1) is 14.4. The molecule has 21 heavy (non-hydrogen) atoms. The molecule has 1 aliphatic heterocycles. The molecule has 1 heterocycles. The summed E-state index contributed by atoms with van der Waals surface area (Å²) < 4.78 is 5.26. The van der Waals surface area contributed by atoms with Gasteiger partial charge in [-0.2, -0.15) is 0 Å². The highest BCUT2D eigenvalue weighted by Gasteiger charge is 2.52. The predicted molar refractivity (Wildman–Crippen MR) is 83.7 cm³/mol. The summed E-state index contributed by atoms with van der Waals surface area (Å²) in [5, 5.41) is 0. The Hall–Kier alpha value is -1.55. The molecule has 2 aliphatic rings. The molecule has 2 fully saturated rings. The molecule has 114 valence electrons. The maximum Gasteiger partial charge on any atom is 0.316 e. The molecule has 0 bridgehead atoms. The van der Waals surface area contributed by atoms with Crippen molar-refractivity contribution >= 4 is 11.7 Å². The molecule has 1 aromatic carbocycles. The number of hydrogen-bond acceptors (Lipinski definition) is 4. The molecule has 0 spiro atoms. The van der Waals surface area contributed by atoms with Gasteiger partial charge >= 0.3 is 5.97 Å². The quantitative estimate of drug-likeness (QED) is 0.794. The van der Waals surface area contributed by atoms with Crippen LogP contribution >= 0.6 is 0 Å². The van der Waals surface area contributed by atoms with Crippen molar-refractivity contribution in [1.82, 2.24) is 4.90 Å². The zero-order valence-corrected chi connectivity index (χ0v) is 13.0. The molecule has 0 aromatic heterocycles. The Labute approximate surface area is 126 Å². The molecule has 4 nitrogen and oxygen atoms in total. The summed E-state index contributed by atoms with van der Waals surface area (Å²) in [5.41, 5.74) is 1.99. The van der Waals surface area contributed by atoms with Crippen molar-refractivity contribution < 1.29 is 9.53 Å². The van der Waals surface area contributed by atoms with Gasteiger partial charge < -0.3 is 14.5 Å². The molecule has 1 saturated carbocycles. The fraction of sp³-hybridized carbons (Fsp3) is 0.588. The normalized spacial score (nSPS) is 21.1. The van der Waals surface area contributed by atoms with Gasteiger partial charge in [0.25, 0.3) is 0 Å². The van der Waals surface area contributed by atoms with Gasteiger partial charge in [0.1, 0.15) is 0 Å². The first-order valence-electron chi connectivity index (χ1n) is 7.87. The summed E-state index contributed by atoms with van der Waals surface area (Å²) in [6.45, 7) is 6.60. The average Bonchev–Trinajstić information content (AvgIpc) is 3.30. The van der Waals surface area contributed by atoms with Crippen LogP contribution in [-0.2, 0) is 14.9 Å². The molecule has 4 heteroatoms. The number of anilines is 1. The number of benzene rings is 1. The number of esters is 1. The Morgan fingerprint density at radius 3 is 2.57 bits per heavy atom. The fourth-order valence-corrected chi connectivity index (χ4v) is 3.07. The first-order chi connectivity index (χ1) is 10.2. The van der Waals surface area contributed by atoms with Crippen LogP contribution in [0.5, 0.6) is 0 Å². The van der Waals surface area contributed by atoms with E-state index in [4.69, 9.17) is 4.74 Å². The summed E-state index contributed by atoms with van der Waals surface area (Å²) in [4.78, 5) is 17.0. The van der Waals surface area contributed by atoms with Crippen LogP contribution in [0.4, 0.5) is 5.69 Å². The Balaban J connectivity index is 1.79. The van der Waals surface area contributed by atoms with E-state index in [0.717, 1.165) is 44.6 Å². The van der Waals surface area contributed by atoms with Gasteiger partial charge in [-0.25, -0.2) is 0 Å². The van der Waals surface area contributed by atoms with Gasteiger partial charge in [-0.3, -0.25) is 4.79 Å². The number of carbonyl (C=O) groups is 1. The third kappa shape index (κ3) is 2.77. The van der Waals surface area contributed by atoms with Crippen LogP contribution in [0.2, 0.25) is 0 Å². The number of carbonyl (C=O) groups excluding carboxylic acids is 1. The van der Waals surface area contributed by atoms with Crippen LogP contribution < -0.4 is 4.90 Å². The van der Waals surface area contributed by atoms with Crippen molar-refractivity contribution in [1.29, 1.82) is 0 Å². The van der Waals surface area contributed by atoms with Gasteiger partial charge in [-0.15, -0.1) is 0 Å². The van der Waals surface area contributed by atoms with E-state index < -0.39 is 0 Å². The zero-order valence-electron chi connectivity index (χ0n) is 13.0. The van der Waals surface area contributed by atoms with Gasteiger partial charge in [0.05, 0.1) is 12.0 Å². The minimum absolute atomic E-state index is 0.0551. The standard InChI is InChI=1S/C17H24N2O2/c1-3-21-16(20)17(7-8-17)14-5-4-6-15(13-14)19-11-9-18(2)10-12-19/h4-6,13H,3,7-12H2,1-2H3. The van der Waals surface area contributed by atoms with E-state index in [-0.39, 0.29) is 11.4 Å². The van der Waals surface area contributed by atoms with Crippen LogP contribution in [0.25, 0.3) is 0 Å². The highest BCUT2D eigenvalue weighted by molar-refractivity contribution is 5.87. The predicted octanol–water partition coefficient (Wildman–Crippen LogP) is 2.03. The first-order valence-corrected chi connectivity index (χ1v) is 7.87. The fourth-order valence-electron chi connectivity index (χ4n) is 3.07. The van der Waals surface area contributed by atoms with Crippen LogP contribution in [0.1, 0.15) is 25.3 Å². The van der Waals surface area contributed by atoms with Gasteiger partial charge in [-0.1, -0.05) is 12.1 Å². The van der Waals surface area contributed by atoms with E-state index in [1.54, 1.807) is 0 Å². The highest BCUT2D eigenvalue weighted by Crippen LogP contribution is 2.49. The van der Waals surface area contributed by atoms with Gasteiger partial charge in [0.2, 0.25) is 0 Å². The number of ether oxygens (including phenoxy) is 1. The number of piperazine rings is 1. The molecule has 1 saturated heterocycles. The summed E-state index contributed by atoms with van der Waals surface area (Å²) in [6.07, 6.45) is 1.83. The number of rotatable bonds is 4. The molecular formula is C17H24N2O2. The van der Waals surface area contributed by atoms with Gasteiger partial charge in [-0.05, 0) is 44.5 Å². The summed E-state index contributed by atoms with van der Waals surface area (Å²) >= 11 is 0. The second-order valence-electron chi connectivity index (χ2n) is 6.14. The molecular weight excluding hydrogens is 264 g/mol. The lowest BCUT2D eigenvalue weighted by Crippen LogP contribution is -2.44. The third-order valence-electron chi connectivity index (χ3n) is 4.68. The van der Waals surface area contributed by atoms with Crippen molar-refractivity contribution in [2.45, 2.75) is 25.2 Å². The molecule has 0 atom stereocenters. The summed E-state index contributed by atoms with van der Waals surface area (Å²) in [6, 6.07) is 8.48. The maximum absolute atomic E-state index is 12.2. The maximum atomic E-state index is 12.2. The third-order valence-corrected chi connectivity index (χ3v) is 4.68. The molecule has 1 aliphatic carbocycles. The molecule has 0 amide bonds. The molecule has 0 unspecified atom stereocenters. The van der Waals surface area contributed by atoms with E-state index in [9.17, 15) is 4.79 Å². The smallest absolute Gasteiger partial charge is 0.316 e. The second-order valence-corrected chi connectivity index (χ2v) is 6.14. The van der Waals surface area contributed by atoms with Gasteiger partial charge in [0, 0.05) is 31.9 Å². The van der Waals surface area contributed by atoms with Crippen molar-refractivity contribution in [3.63, 3.8) is 0 Å². The van der Waals surface area contributed by atoms with Crippen molar-refractivity contribution in [3.05, 3.63) is 29.8 Å². The molecule has 3 rings (SSSR count). The lowest BCUT2D eigenvalue weighted by atomic mass is 9.95. The van der Waals surface area contributed by atoms with E-state index in [2.05, 4.69) is 41.1 Å². The Morgan fingerprint density at radius 1 is 1.24 bits per heavy atom. The Morgan fingerprint density at radius 2 is 1.95 bits per heavy atom. The monoisotopic (exact) mass is 288 g/mol. The van der Waals surface area contributed by atoms with E-state index >= 15 is 0 Å². The van der Waals surface area contributed by atoms with E-state index in [1.165, 1.54) is 5.69 Å². The minimum atomic E-state index is -0.363. The van der Waals surface area contributed by atoms with E-state index in [1.807, 2.05) is 6.92 Å². The average molecular weight is 288 g/mol. The molecule has 0 N–H and O–H groups in total. The summed E-state index contributed by atoms with van der Waals surface area (Å²) in [5.74, 6) is -0.0551. The van der Waals surface area contributed by atoms with Crippen molar-refractivity contribution in [3.8, 4) is 0 Å². The lowest BCUT2D eigenvalue weighted by Gasteiger charge is -2.34. The Bertz CT molecular complexity index is 517. The largest absolute Gasteiger partial charge is 0.465 e. The zero-order chi connectivity index (χ0) is 14.9. The van der Waals surface area contributed by atoms with E-state index in [0.29, 0.717) is 6.61 Å². The SMILES string of the molecule is CCOC(=O)C1(c2cccc(N3CCN(C)CC3)c2)CC1. The Kier molecular flexibility index (Phi) is 3.89. The van der Waals surface area contributed by atoms with Crippen LogP contribution in [0.15, 0.2) is 24.3 Å². The van der Waals surface area contributed by atoms with Crippen LogP contribution in [0, 0.1) is 0 Å². The van der Waals surface area contributed by atoms with Gasteiger partial charge in [0.15, 0.2) is 0 Å². The molecule has 1 aromatic rings. The van der Waals surface area contributed by atoms with Crippen molar-refractivity contribution in [2.24, 2.45) is 0 Å². The minimum Gasteiger partial charge on any atom is -0.465 e. The number of nitrogens with zero attached hydrogens (tertiary/aromatic N) is 2. The van der Waals surface area contributed by atoms with Crippen molar-refractivity contribution in [2.75, 3.05) is 44.7 Å². The number of likely N-dealkylation sites (N-methyl/N-ethyl adjacent to an activating group) is 1. The van der Waals surface area contributed by atoms with Crippen LogP contribution in [-0.4, -0.2) is 50.7 Å². The number of hydrogen-bond donors (Lipinski definition) is 0. The highest BCUT2D eigenvalue weighted by atomic mass is 16.5. The molecule has 0 radical (unpaired) electrons. The van der Waals surface area contributed by atoms with Crippen LogP contribution in [0.3, 0.4) is 0 Å². The summed E-state index contributed by atoms with van der Waals surface area (Å²) in [7, 11) is 2.16.